The zero-order valence-electron chi connectivity index (χ0n) is 14.2. The molecule has 0 spiro atoms. The van der Waals surface area contributed by atoms with Gasteiger partial charge in [-0.2, -0.15) is 0 Å². The molecular formula is C24H17NO. The lowest BCUT2D eigenvalue weighted by Gasteiger charge is -2.07. The van der Waals surface area contributed by atoms with Gasteiger partial charge in [-0.3, -0.25) is 9.78 Å². The van der Waals surface area contributed by atoms with Crippen LogP contribution in [0.4, 0.5) is 0 Å². The van der Waals surface area contributed by atoms with Crippen molar-refractivity contribution in [2.24, 2.45) is 0 Å². The minimum absolute atomic E-state index is 0.0411. The molecule has 4 aromatic rings. The maximum atomic E-state index is 12.5. The highest BCUT2D eigenvalue weighted by molar-refractivity contribution is 6.09. The lowest BCUT2D eigenvalue weighted by atomic mass is 9.98. The third kappa shape index (κ3) is 3.31. The number of carbonyl (C=O) groups is 1. The molecule has 0 fully saturated rings. The van der Waals surface area contributed by atoms with Crippen LogP contribution in [-0.2, 0) is 0 Å². The predicted octanol–water partition coefficient (Wildman–Crippen LogP) is 5.65. The Morgan fingerprint density at radius 1 is 0.577 bits per heavy atom. The fourth-order valence-corrected chi connectivity index (χ4v) is 2.96. The van der Waals surface area contributed by atoms with Gasteiger partial charge in [-0.1, -0.05) is 78.9 Å². The Kier molecular flexibility index (Phi) is 4.40. The summed E-state index contributed by atoms with van der Waals surface area (Å²) in [6.07, 6.45) is 1.80. The van der Waals surface area contributed by atoms with Gasteiger partial charge in [-0.25, -0.2) is 0 Å². The molecule has 2 nitrogen and oxygen atoms in total. The van der Waals surface area contributed by atoms with Gasteiger partial charge in [0.15, 0.2) is 5.78 Å². The van der Waals surface area contributed by atoms with Crippen molar-refractivity contribution >= 4 is 5.78 Å². The lowest BCUT2D eigenvalue weighted by Crippen LogP contribution is -2.00. The van der Waals surface area contributed by atoms with Crippen LogP contribution in [0.3, 0.4) is 0 Å². The molecule has 0 bridgehead atoms. The fourth-order valence-electron chi connectivity index (χ4n) is 2.96. The molecule has 0 radical (unpaired) electrons. The van der Waals surface area contributed by atoms with Crippen molar-refractivity contribution in [1.29, 1.82) is 0 Å². The highest BCUT2D eigenvalue weighted by Crippen LogP contribution is 2.26. The van der Waals surface area contributed by atoms with Crippen LogP contribution < -0.4 is 0 Å². The molecule has 0 atom stereocenters. The second-order valence-corrected chi connectivity index (χ2v) is 6.07. The molecule has 0 aliphatic carbocycles. The number of rotatable bonds is 4. The van der Waals surface area contributed by atoms with E-state index in [1.54, 1.807) is 6.20 Å². The van der Waals surface area contributed by atoms with E-state index >= 15 is 0 Å². The van der Waals surface area contributed by atoms with Gasteiger partial charge < -0.3 is 0 Å². The molecule has 0 N–H and O–H groups in total. The van der Waals surface area contributed by atoms with Gasteiger partial charge >= 0.3 is 0 Å². The Balaban J connectivity index is 1.63. The summed E-state index contributed by atoms with van der Waals surface area (Å²) in [5, 5.41) is 0. The van der Waals surface area contributed by atoms with Crippen molar-refractivity contribution in [2.75, 3.05) is 0 Å². The largest absolute Gasteiger partial charge is 0.289 e. The summed E-state index contributed by atoms with van der Waals surface area (Å²) in [5.74, 6) is 0.0411. The summed E-state index contributed by atoms with van der Waals surface area (Å²) < 4.78 is 0. The van der Waals surface area contributed by atoms with E-state index in [1.165, 1.54) is 0 Å². The van der Waals surface area contributed by atoms with Crippen LogP contribution in [-0.4, -0.2) is 10.8 Å². The highest BCUT2D eigenvalue weighted by Gasteiger charge is 2.09. The summed E-state index contributed by atoms with van der Waals surface area (Å²) >= 11 is 0. The summed E-state index contributed by atoms with van der Waals surface area (Å²) in [6, 6.07) is 31.3. The minimum atomic E-state index is 0.0411. The Bertz CT molecular complexity index is 1020. The summed E-state index contributed by atoms with van der Waals surface area (Å²) in [4.78, 5) is 16.9. The van der Waals surface area contributed by atoms with Crippen molar-refractivity contribution < 1.29 is 4.79 Å². The maximum Gasteiger partial charge on any atom is 0.193 e. The van der Waals surface area contributed by atoms with Crippen LogP contribution in [0, 0.1) is 0 Å². The molecule has 0 aliphatic rings. The van der Waals surface area contributed by atoms with Gasteiger partial charge in [0, 0.05) is 22.9 Å². The smallest absolute Gasteiger partial charge is 0.193 e. The van der Waals surface area contributed by atoms with E-state index in [4.69, 9.17) is 0 Å². The molecule has 3 aromatic carbocycles. The second-order valence-electron chi connectivity index (χ2n) is 6.07. The number of hydrogen-bond donors (Lipinski definition) is 0. The van der Waals surface area contributed by atoms with E-state index in [0.29, 0.717) is 11.1 Å². The Labute approximate surface area is 152 Å². The normalized spacial score (nSPS) is 10.5. The Morgan fingerprint density at radius 3 is 2.00 bits per heavy atom. The van der Waals surface area contributed by atoms with Crippen LogP contribution >= 0.6 is 0 Å². The average molecular weight is 335 g/mol. The van der Waals surface area contributed by atoms with Crippen molar-refractivity contribution in [2.45, 2.75) is 0 Å². The summed E-state index contributed by atoms with van der Waals surface area (Å²) in [7, 11) is 0. The number of carbonyl (C=O) groups excluding carboxylic acids is 1. The Hall–Kier alpha value is -3.52. The maximum absolute atomic E-state index is 12.5. The number of pyridine rings is 1. The van der Waals surface area contributed by atoms with Gasteiger partial charge in [0.25, 0.3) is 0 Å². The van der Waals surface area contributed by atoms with Gasteiger partial charge in [0.1, 0.15) is 0 Å². The van der Waals surface area contributed by atoms with Gasteiger partial charge in [-0.15, -0.1) is 0 Å². The van der Waals surface area contributed by atoms with Gasteiger partial charge in [-0.05, 0) is 29.3 Å². The molecule has 26 heavy (non-hydrogen) atoms. The van der Waals surface area contributed by atoms with E-state index in [2.05, 4.69) is 23.2 Å². The number of ketones is 1. The van der Waals surface area contributed by atoms with E-state index in [-0.39, 0.29) is 5.78 Å². The van der Waals surface area contributed by atoms with Crippen molar-refractivity contribution in [3.63, 3.8) is 0 Å². The van der Waals surface area contributed by atoms with Crippen LogP contribution in [0.25, 0.3) is 22.4 Å². The molecule has 0 saturated carbocycles. The number of nitrogens with zero attached hydrogens (tertiary/aromatic N) is 1. The van der Waals surface area contributed by atoms with Crippen LogP contribution in [0.2, 0.25) is 0 Å². The summed E-state index contributed by atoms with van der Waals surface area (Å²) in [6.45, 7) is 0. The van der Waals surface area contributed by atoms with Crippen LogP contribution in [0.5, 0.6) is 0 Å². The van der Waals surface area contributed by atoms with Crippen LogP contribution in [0.15, 0.2) is 103 Å². The first-order valence-electron chi connectivity index (χ1n) is 8.53. The summed E-state index contributed by atoms with van der Waals surface area (Å²) in [5.41, 5.74) is 5.61. The zero-order chi connectivity index (χ0) is 17.8. The quantitative estimate of drug-likeness (QED) is 0.451. The minimum Gasteiger partial charge on any atom is -0.289 e. The number of hydrogen-bond acceptors (Lipinski definition) is 2. The van der Waals surface area contributed by atoms with Gasteiger partial charge in [0.05, 0.1) is 5.69 Å². The third-order valence-corrected chi connectivity index (χ3v) is 4.34. The van der Waals surface area contributed by atoms with E-state index in [1.807, 2.05) is 78.9 Å². The third-order valence-electron chi connectivity index (χ3n) is 4.34. The molecule has 1 heterocycles. The standard InChI is InChI=1S/C24H17NO/c26-24(19-7-2-1-3-8-19)20-14-12-18(13-15-20)21-9-6-10-22(17-21)23-11-4-5-16-25-23/h1-17H. The molecule has 0 saturated heterocycles. The highest BCUT2D eigenvalue weighted by atomic mass is 16.1. The first-order chi connectivity index (χ1) is 12.8. The molecule has 124 valence electrons. The van der Waals surface area contributed by atoms with Crippen molar-refractivity contribution in [3.05, 3.63) is 114 Å². The lowest BCUT2D eigenvalue weighted by molar-refractivity contribution is 0.103. The monoisotopic (exact) mass is 335 g/mol. The second kappa shape index (κ2) is 7.16. The Morgan fingerprint density at radius 2 is 1.27 bits per heavy atom. The van der Waals surface area contributed by atoms with Gasteiger partial charge in [0.2, 0.25) is 0 Å². The first-order valence-corrected chi connectivity index (χ1v) is 8.53. The molecule has 2 heteroatoms. The van der Waals surface area contributed by atoms with E-state index in [0.717, 1.165) is 22.4 Å². The van der Waals surface area contributed by atoms with E-state index < -0.39 is 0 Å². The average Bonchev–Trinajstić information content (AvgIpc) is 2.75. The van der Waals surface area contributed by atoms with Crippen molar-refractivity contribution in [3.8, 4) is 22.4 Å². The topological polar surface area (TPSA) is 30.0 Å². The number of aromatic nitrogens is 1. The van der Waals surface area contributed by atoms with E-state index in [9.17, 15) is 4.79 Å². The molecular weight excluding hydrogens is 318 g/mol. The van der Waals surface area contributed by atoms with Crippen LogP contribution in [0.1, 0.15) is 15.9 Å². The molecule has 0 unspecified atom stereocenters. The fraction of sp³-hybridized carbons (Fsp3) is 0. The zero-order valence-corrected chi connectivity index (χ0v) is 14.2. The molecule has 1 aromatic heterocycles. The molecule has 0 amide bonds. The number of benzene rings is 3. The first kappa shape index (κ1) is 16.0. The van der Waals surface area contributed by atoms with Crippen molar-refractivity contribution in [1.82, 2.24) is 4.98 Å². The molecule has 4 rings (SSSR count). The molecule has 0 aliphatic heterocycles. The predicted molar refractivity (Wildman–Crippen MR) is 105 cm³/mol. The SMILES string of the molecule is O=C(c1ccccc1)c1ccc(-c2cccc(-c3ccccn3)c2)cc1.